The van der Waals surface area contributed by atoms with Crippen LogP contribution in [0.4, 0.5) is 0 Å². The summed E-state index contributed by atoms with van der Waals surface area (Å²) >= 11 is 0. The molecule has 3 heteroatoms. The first-order valence-corrected chi connectivity index (χ1v) is 7.20. The summed E-state index contributed by atoms with van der Waals surface area (Å²) in [6, 6.07) is 8.18. The summed E-state index contributed by atoms with van der Waals surface area (Å²) < 4.78 is 5.24. The number of aryl methyl sites for hydroxylation is 1. The first-order chi connectivity index (χ1) is 9.19. The number of phenols is 1. The van der Waals surface area contributed by atoms with Gasteiger partial charge in [0.25, 0.3) is 0 Å². The minimum atomic E-state index is 0.346. The standard InChI is InChI=1S/C16H25NO2/c1-13(17-10-9-15(11-17)12-19-2)3-4-14-5-7-16(18)8-6-14/h5-8,13,15,18H,3-4,9-12H2,1-2H3. The maximum Gasteiger partial charge on any atom is 0.115 e. The molecule has 1 aliphatic rings. The molecule has 0 aromatic heterocycles. The molecule has 1 aromatic rings. The number of phenolic OH excluding ortho intramolecular Hbond substituents is 1. The molecule has 2 unspecified atom stereocenters. The van der Waals surface area contributed by atoms with Gasteiger partial charge in [-0.2, -0.15) is 0 Å². The van der Waals surface area contributed by atoms with Crippen molar-refractivity contribution in [3.05, 3.63) is 29.8 Å². The largest absolute Gasteiger partial charge is 0.508 e. The molecular formula is C16H25NO2. The summed E-state index contributed by atoms with van der Waals surface area (Å²) in [5, 5.41) is 9.27. The first kappa shape index (κ1) is 14.4. The van der Waals surface area contributed by atoms with Crippen LogP contribution in [0, 0.1) is 5.92 Å². The quantitative estimate of drug-likeness (QED) is 0.856. The number of rotatable bonds is 6. The van der Waals surface area contributed by atoms with Crippen LogP contribution in [0.15, 0.2) is 24.3 Å². The monoisotopic (exact) mass is 263 g/mol. The third kappa shape index (κ3) is 4.22. The van der Waals surface area contributed by atoms with E-state index in [1.54, 1.807) is 19.2 Å². The van der Waals surface area contributed by atoms with Crippen LogP contribution in [-0.4, -0.2) is 42.9 Å². The van der Waals surface area contributed by atoms with Gasteiger partial charge in [-0.05, 0) is 56.3 Å². The van der Waals surface area contributed by atoms with Crippen LogP contribution in [0.5, 0.6) is 5.75 Å². The van der Waals surface area contributed by atoms with E-state index in [2.05, 4.69) is 11.8 Å². The number of methoxy groups -OCH3 is 1. The zero-order valence-corrected chi connectivity index (χ0v) is 12.0. The highest BCUT2D eigenvalue weighted by Crippen LogP contribution is 2.21. The predicted molar refractivity (Wildman–Crippen MR) is 77.4 cm³/mol. The van der Waals surface area contributed by atoms with Crippen molar-refractivity contribution in [3.63, 3.8) is 0 Å². The van der Waals surface area contributed by atoms with Crippen molar-refractivity contribution in [3.8, 4) is 5.75 Å². The lowest BCUT2D eigenvalue weighted by Gasteiger charge is -2.24. The maximum absolute atomic E-state index is 9.27. The van der Waals surface area contributed by atoms with E-state index in [1.165, 1.54) is 31.5 Å². The molecular weight excluding hydrogens is 238 g/mol. The molecule has 0 bridgehead atoms. The molecule has 1 heterocycles. The Bertz CT molecular complexity index is 377. The van der Waals surface area contributed by atoms with Crippen molar-refractivity contribution < 1.29 is 9.84 Å². The molecule has 2 atom stereocenters. The minimum Gasteiger partial charge on any atom is -0.508 e. The molecule has 0 saturated carbocycles. The average Bonchev–Trinajstić information content (AvgIpc) is 2.87. The number of benzene rings is 1. The SMILES string of the molecule is COCC1CCN(C(C)CCc2ccc(O)cc2)C1. The van der Waals surface area contributed by atoms with Gasteiger partial charge in [0.15, 0.2) is 0 Å². The summed E-state index contributed by atoms with van der Waals surface area (Å²) in [4.78, 5) is 2.57. The van der Waals surface area contributed by atoms with Gasteiger partial charge < -0.3 is 14.7 Å². The molecule has 0 radical (unpaired) electrons. The molecule has 0 aliphatic carbocycles. The van der Waals surface area contributed by atoms with Crippen molar-refractivity contribution in [1.82, 2.24) is 4.90 Å². The van der Waals surface area contributed by atoms with E-state index < -0.39 is 0 Å². The van der Waals surface area contributed by atoms with Crippen LogP contribution in [0.2, 0.25) is 0 Å². The molecule has 1 N–H and O–H groups in total. The number of ether oxygens (including phenoxy) is 1. The Labute approximate surface area is 116 Å². The average molecular weight is 263 g/mol. The summed E-state index contributed by atoms with van der Waals surface area (Å²) in [6.45, 7) is 5.58. The van der Waals surface area contributed by atoms with E-state index in [9.17, 15) is 5.11 Å². The Kier molecular flexibility index (Phi) is 5.23. The van der Waals surface area contributed by atoms with Crippen molar-refractivity contribution in [1.29, 1.82) is 0 Å². The summed E-state index contributed by atoms with van der Waals surface area (Å²) in [5.41, 5.74) is 1.30. The fraction of sp³-hybridized carbons (Fsp3) is 0.625. The highest BCUT2D eigenvalue weighted by molar-refractivity contribution is 5.25. The molecule has 2 rings (SSSR count). The van der Waals surface area contributed by atoms with Crippen molar-refractivity contribution in [2.45, 2.75) is 32.2 Å². The zero-order valence-electron chi connectivity index (χ0n) is 12.0. The Morgan fingerprint density at radius 3 is 2.79 bits per heavy atom. The Morgan fingerprint density at radius 1 is 1.37 bits per heavy atom. The summed E-state index contributed by atoms with van der Waals surface area (Å²) in [7, 11) is 1.79. The second-order valence-electron chi connectivity index (χ2n) is 5.66. The van der Waals surface area contributed by atoms with Gasteiger partial charge in [-0.15, -0.1) is 0 Å². The molecule has 1 aromatic carbocycles. The van der Waals surface area contributed by atoms with E-state index in [4.69, 9.17) is 4.74 Å². The van der Waals surface area contributed by atoms with Gasteiger partial charge in [0.05, 0.1) is 6.61 Å². The third-order valence-corrected chi connectivity index (χ3v) is 4.13. The summed E-state index contributed by atoms with van der Waals surface area (Å²) in [5.74, 6) is 1.06. The smallest absolute Gasteiger partial charge is 0.115 e. The minimum absolute atomic E-state index is 0.346. The third-order valence-electron chi connectivity index (χ3n) is 4.13. The number of likely N-dealkylation sites (tertiary alicyclic amines) is 1. The number of hydrogen-bond donors (Lipinski definition) is 1. The number of aromatic hydroxyl groups is 1. The molecule has 0 spiro atoms. The van der Waals surface area contributed by atoms with Gasteiger partial charge in [-0.25, -0.2) is 0 Å². The first-order valence-electron chi connectivity index (χ1n) is 7.20. The van der Waals surface area contributed by atoms with Gasteiger partial charge in [-0.3, -0.25) is 0 Å². The fourth-order valence-corrected chi connectivity index (χ4v) is 2.86. The fourth-order valence-electron chi connectivity index (χ4n) is 2.86. The number of nitrogens with zero attached hydrogens (tertiary/aromatic N) is 1. The highest BCUT2D eigenvalue weighted by atomic mass is 16.5. The van der Waals surface area contributed by atoms with Crippen molar-refractivity contribution >= 4 is 0 Å². The molecule has 1 aliphatic heterocycles. The molecule has 106 valence electrons. The summed E-state index contributed by atoms with van der Waals surface area (Å²) in [6.07, 6.45) is 3.51. The second kappa shape index (κ2) is 6.92. The van der Waals surface area contributed by atoms with E-state index in [-0.39, 0.29) is 0 Å². The lowest BCUT2D eigenvalue weighted by atomic mass is 10.1. The van der Waals surface area contributed by atoms with Crippen molar-refractivity contribution in [2.24, 2.45) is 5.92 Å². The van der Waals surface area contributed by atoms with Crippen LogP contribution in [0.3, 0.4) is 0 Å². The van der Waals surface area contributed by atoms with Gasteiger partial charge in [0.2, 0.25) is 0 Å². The van der Waals surface area contributed by atoms with Crippen LogP contribution < -0.4 is 0 Å². The van der Waals surface area contributed by atoms with Gasteiger partial charge in [-0.1, -0.05) is 12.1 Å². The van der Waals surface area contributed by atoms with Gasteiger partial charge in [0.1, 0.15) is 5.75 Å². The predicted octanol–water partition coefficient (Wildman–Crippen LogP) is 2.68. The normalized spacial score (nSPS) is 21.7. The van der Waals surface area contributed by atoms with Crippen LogP contribution in [0.1, 0.15) is 25.3 Å². The van der Waals surface area contributed by atoms with Crippen molar-refractivity contribution in [2.75, 3.05) is 26.8 Å². The topological polar surface area (TPSA) is 32.7 Å². The van der Waals surface area contributed by atoms with Crippen LogP contribution >= 0.6 is 0 Å². The molecule has 1 fully saturated rings. The lowest BCUT2D eigenvalue weighted by molar-refractivity contribution is 0.147. The van der Waals surface area contributed by atoms with E-state index in [0.717, 1.165) is 13.0 Å². The Morgan fingerprint density at radius 2 is 2.11 bits per heavy atom. The number of hydrogen-bond acceptors (Lipinski definition) is 3. The van der Waals surface area contributed by atoms with E-state index in [0.29, 0.717) is 17.7 Å². The molecule has 19 heavy (non-hydrogen) atoms. The second-order valence-corrected chi connectivity index (χ2v) is 5.66. The maximum atomic E-state index is 9.27. The molecule has 0 amide bonds. The highest BCUT2D eigenvalue weighted by Gasteiger charge is 2.25. The molecule has 3 nitrogen and oxygen atoms in total. The van der Waals surface area contributed by atoms with E-state index >= 15 is 0 Å². The van der Waals surface area contributed by atoms with E-state index in [1.807, 2.05) is 12.1 Å². The Hall–Kier alpha value is -1.06. The zero-order chi connectivity index (χ0) is 13.7. The Balaban J connectivity index is 1.75. The van der Waals surface area contributed by atoms with Gasteiger partial charge >= 0.3 is 0 Å². The molecule has 1 saturated heterocycles. The van der Waals surface area contributed by atoms with Gasteiger partial charge in [0, 0.05) is 19.7 Å². The van der Waals surface area contributed by atoms with Crippen LogP contribution in [0.25, 0.3) is 0 Å². The van der Waals surface area contributed by atoms with Crippen LogP contribution in [-0.2, 0) is 11.2 Å². The lowest BCUT2D eigenvalue weighted by Crippen LogP contribution is -2.31.